The molecule has 168 valence electrons. The van der Waals surface area contributed by atoms with Gasteiger partial charge >= 0.3 is 0 Å². The van der Waals surface area contributed by atoms with Crippen molar-refractivity contribution in [1.82, 2.24) is 10.2 Å². The summed E-state index contributed by atoms with van der Waals surface area (Å²) in [4.78, 5) is 26.8. The van der Waals surface area contributed by atoms with Crippen molar-refractivity contribution in [2.75, 3.05) is 46.2 Å². The third kappa shape index (κ3) is 8.32. The van der Waals surface area contributed by atoms with E-state index in [0.717, 1.165) is 12.1 Å². The first-order valence-electron chi connectivity index (χ1n) is 9.76. The number of para-hydroxylation sites is 1. The molecule has 0 bridgehead atoms. The van der Waals surface area contributed by atoms with Gasteiger partial charge in [0.05, 0.1) is 25.0 Å². The quantitative estimate of drug-likeness (QED) is 0.545. The van der Waals surface area contributed by atoms with Crippen LogP contribution in [0.1, 0.15) is 22.8 Å². The molecule has 0 aliphatic rings. The number of ether oxygens (including phenoxy) is 2. The van der Waals surface area contributed by atoms with Gasteiger partial charge in [-0.05, 0) is 56.9 Å². The fraction of sp³-hybridized carbons (Fsp3) is 0.304. The number of nitrogens with zero attached hydrogens (tertiary/aromatic N) is 1. The van der Waals surface area contributed by atoms with Gasteiger partial charge in [-0.15, -0.1) is 12.4 Å². The molecule has 2 N–H and O–H groups in total. The molecule has 0 saturated carbocycles. The molecule has 0 atom stereocenters. The highest BCUT2D eigenvalue weighted by atomic mass is 35.5. The molecule has 0 fully saturated rings. The highest BCUT2D eigenvalue weighted by molar-refractivity contribution is 6.07. The summed E-state index contributed by atoms with van der Waals surface area (Å²) in [5.41, 5.74) is 1.67. The van der Waals surface area contributed by atoms with E-state index in [1.165, 1.54) is 6.08 Å². The number of hydrogen-bond acceptors (Lipinski definition) is 5. The van der Waals surface area contributed by atoms with E-state index in [2.05, 4.69) is 10.6 Å². The minimum Gasteiger partial charge on any atom is -0.493 e. The minimum absolute atomic E-state index is 0. The molecule has 0 radical (unpaired) electrons. The number of carbonyl (C=O) groups excluding carboxylic acids is 2. The molecule has 0 saturated heterocycles. The number of anilines is 1. The van der Waals surface area contributed by atoms with Gasteiger partial charge in [-0.25, -0.2) is 0 Å². The van der Waals surface area contributed by atoms with Gasteiger partial charge in [0.25, 0.3) is 5.91 Å². The Balaban J connectivity index is 0.00000480. The zero-order chi connectivity index (χ0) is 21.9. The number of methoxy groups -OCH3 is 1. The molecule has 2 aromatic carbocycles. The average Bonchev–Trinajstić information content (AvgIpc) is 2.73. The van der Waals surface area contributed by atoms with Gasteiger partial charge in [-0.2, -0.15) is 0 Å². The maximum Gasteiger partial charge on any atom is 0.253 e. The van der Waals surface area contributed by atoms with Crippen molar-refractivity contribution in [1.29, 1.82) is 0 Å². The van der Waals surface area contributed by atoms with Crippen molar-refractivity contribution in [3.63, 3.8) is 0 Å². The molecule has 2 rings (SSSR count). The monoisotopic (exact) mass is 447 g/mol. The third-order valence-corrected chi connectivity index (χ3v) is 4.19. The summed E-state index contributed by atoms with van der Waals surface area (Å²) in [6.07, 6.45) is 3.09. The van der Waals surface area contributed by atoms with Crippen LogP contribution in [0.2, 0.25) is 0 Å². The van der Waals surface area contributed by atoms with Gasteiger partial charge in [-0.1, -0.05) is 18.2 Å². The van der Waals surface area contributed by atoms with Crippen LogP contribution in [0.25, 0.3) is 6.08 Å². The van der Waals surface area contributed by atoms with Gasteiger partial charge < -0.3 is 25.0 Å². The smallest absolute Gasteiger partial charge is 0.253 e. The number of benzene rings is 2. The first-order chi connectivity index (χ1) is 14.4. The first-order valence-corrected chi connectivity index (χ1v) is 9.76. The second-order valence-corrected chi connectivity index (χ2v) is 6.77. The zero-order valence-corrected chi connectivity index (χ0v) is 19.1. The Hall–Kier alpha value is -3.03. The van der Waals surface area contributed by atoms with E-state index < -0.39 is 0 Å². The predicted molar refractivity (Wildman–Crippen MR) is 126 cm³/mol. The van der Waals surface area contributed by atoms with Gasteiger partial charge in [0, 0.05) is 19.2 Å². The lowest BCUT2D eigenvalue weighted by molar-refractivity contribution is -0.111. The maximum atomic E-state index is 12.4. The van der Waals surface area contributed by atoms with E-state index in [0.29, 0.717) is 35.9 Å². The van der Waals surface area contributed by atoms with Crippen LogP contribution in [0.5, 0.6) is 11.5 Å². The average molecular weight is 448 g/mol. The van der Waals surface area contributed by atoms with E-state index in [1.54, 1.807) is 49.6 Å². The Labute approximate surface area is 189 Å². The van der Waals surface area contributed by atoms with Crippen LogP contribution >= 0.6 is 12.4 Å². The summed E-state index contributed by atoms with van der Waals surface area (Å²) in [5, 5.41) is 5.62. The van der Waals surface area contributed by atoms with Crippen LogP contribution in [-0.4, -0.2) is 57.6 Å². The fourth-order valence-electron chi connectivity index (χ4n) is 2.69. The second kappa shape index (κ2) is 13.3. The molecule has 7 nitrogen and oxygen atoms in total. The molecule has 0 aromatic heterocycles. The van der Waals surface area contributed by atoms with Crippen molar-refractivity contribution in [3.8, 4) is 11.5 Å². The van der Waals surface area contributed by atoms with Crippen LogP contribution in [0.15, 0.2) is 48.5 Å². The van der Waals surface area contributed by atoms with Gasteiger partial charge in [0.15, 0.2) is 11.5 Å². The Morgan fingerprint density at radius 3 is 2.52 bits per heavy atom. The second-order valence-electron chi connectivity index (χ2n) is 6.77. The van der Waals surface area contributed by atoms with E-state index in [-0.39, 0.29) is 24.2 Å². The Morgan fingerprint density at radius 1 is 1.10 bits per heavy atom. The first kappa shape index (κ1) is 26.0. The standard InChI is InChI=1S/C23H29N3O4.ClH/c1-5-30-20-12-10-17(16-21(20)29-4)11-13-22(27)25-19-9-7-6-8-18(19)23(28)24-14-15-26(2)3;/h6-13,16H,5,14-15H2,1-4H3,(H,24,28)(H,25,27);1H. The minimum atomic E-state index is -0.337. The van der Waals surface area contributed by atoms with Crippen molar-refractivity contribution >= 4 is 36.0 Å². The normalized spacial score (nSPS) is 10.5. The van der Waals surface area contributed by atoms with Crippen LogP contribution < -0.4 is 20.1 Å². The van der Waals surface area contributed by atoms with Gasteiger partial charge in [0.1, 0.15) is 0 Å². The van der Waals surface area contributed by atoms with E-state index in [9.17, 15) is 9.59 Å². The van der Waals surface area contributed by atoms with Gasteiger partial charge in [-0.3, -0.25) is 9.59 Å². The number of amides is 2. The summed E-state index contributed by atoms with van der Waals surface area (Å²) in [6, 6.07) is 12.3. The molecule has 0 unspecified atom stereocenters. The summed E-state index contributed by atoms with van der Waals surface area (Å²) in [6.45, 7) is 3.69. The summed E-state index contributed by atoms with van der Waals surface area (Å²) < 4.78 is 10.8. The number of hydrogen-bond donors (Lipinski definition) is 2. The maximum absolute atomic E-state index is 12.4. The molecule has 0 aliphatic heterocycles. The molecule has 8 heteroatoms. The molecule has 0 aliphatic carbocycles. The zero-order valence-electron chi connectivity index (χ0n) is 18.3. The van der Waals surface area contributed by atoms with Crippen molar-refractivity contribution < 1.29 is 19.1 Å². The van der Waals surface area contributed by atoms with Crippen molar-refractivity contribution in [2.24, 2.45) is 0 Å². The molecular formula is C23H30ClN3O4. The summed E-state index contributed by atoms with van der Waals surface area (Å²) in [7, 11) is 5.44. The van der Waals surface area contributed by atoms with E-state index in [4.69, 9.17) is 9.47 Å². The van der Waals surface area contributed by atoms with Crippen LogP contribution in [-0.2, 0) is 4.79 Å². The lowest BCUT2D eigenvalue weighted by atomic mass is 10.1. The SMILES string of the molecule is CCOc1ccc(C=CC(=O)Nc2ccccc2C(=O)NCCN(C)C)cc1OC.Cl. The molecule has 0 heterocycles. The lowest BCUT2D eigenvalue weighted by Crippen LogP contribution is -2.31. The number of likely N-dealkylation sites (N-methyl/N-ethyl adjacent to an activating group) is 1. The fourth-order valence-corrected chi connectivity index (χ4v) is 2.69. The highest BCUT2D eigenvalue weighted by Gasteiger charge is 2.12. The van der Waals surface area contributed by atoms with Crippen LogP contribution in [0.4, 0.5) is 5.69 Å². The van der Waals surface area contributed by atoms with Crippen molar-refractivity contribution in [2.45, 2.75) is 6.92 Å². The Morgan fingerprint density at radius 2 is 1.84 bits per heavy atom. The summed E-state index contributed by atoms with van der Waals surface area (Å²) in [5.74, 6) is 0.680. The van der Waals surface area contributed by atoms with E-state index >= 15 is 0 Å². The number of carbonyl (C=O) groups is 2. The van der Waals surface area contributed by atoms with Crippen LogP contribution in [0.3, 0.4) is 0 Å². The lowest BCUT2D eigenvalue weighted by Gasteiger charge is -2.12. The Bertz CT molecular complexity index is 900. The largest absolute Gasteiger partial charge is 0.493 e. The topological polar surface area (TPSA) is 79.9 Å². The molecule has 2 amide bonds. The molecule has 0 spiro atoms. The molecular weight excluding hydrogens is 418 g/mol. The van der Waals surface area contributed by atoms with E-state index in [1.807, 2.05) is 32.0 Å². The van der Waals surface area contributed by atoms with Crippen LogP contribution in [0, 0.1) is 0 Å². The number of nitrogens with one attached hydrogen (secondary N) is 2. The highest BCUT2D eigenvalue weighted by Crippen LogP contribution is 2.28. The third-order valence-electron chi connectivity index (χ3n) is 4.19. The number of halogens is 1. The number of rotatable bonds is 10. The van der Waals surface area contributed by atoms with Gasteiger partial charge in [0.2, 0.25) is 5.91 Å². The van der Waals surface area contributed by atoms with Crippen molar-refractivity contribution in [3.05, 3.63) is 59.7 Å². The predicted octanol–water partition coefficient (Wildman–Crippen LogP) is 3.46. The molecule has 2 aromatic rings. The summed E-state index contributed by atoms with van der Waals surface area (Å²) >= 11 is 0. The Kier molecular flexibility index (Phi) is 11.2. The molecule has 31 heavy (non-hydrogen) atoms.